The summed E-state index contributed by atoms with van der Waals surface area (Å²) in [6.45, 7) is 0. The maximum atomic E-state index is 12.6. The fourth-order valence-corrected chi connectivity index (χ4v) is 3.24. The first-order chi connectivity index (χ1) is 11.5. The van der Waals surface area contributed by atoms with E-state index in [-0.39, 0.29) is 27.4 Å². The Hall–Kier alpha value is -2.28. The van der Waals surface area contributed by atoms with E-state index >= 15 is 0 Å². The topological polar surface area (TPSA) is 77.6 Å². The van der Waals surface area contributed by atoms with E-state index < -0.39 is 23.7 Å². The van der Waals surface area contributed by atoms with Crippen molar-refractivity contribution in [2.75, 3.05) is 5.73 Å². The van der Waals surface area contributed by atoms with E-state index in [2.05, 4.69) is 19.9 Å². The zero-order chi connectivity index (χ0) is 18.4. The van der Waals surface area contributed by atoms with Gasteiger partial charge in [-0.15, -0.1) is 22.7 Å². The van der Waals surface area contributed by atoms with Crippen LogP contribution in [0, 0.1) is 0 Å². The smallest absolute Gasteiger partial charge is 0.384 e. The Morgan fingerprint density at radius 3 is 1.80 bits per heavy atom. The van der Waals surface area contributed by atoms with Gasteiger partial charge < -0.3 is 5.73 Å². The summed E-state index contributed by atoms with van der Waals surface area (Å²) in [4.78, 5) is 14.5. The molecule has 0 spiro atoms. The third-order valence-electron chi connectivity index (χ3n) is 2.75. The van der Waals surface area contributed by atoms with Gasteiger partial charge in [0.25, 0.3) is 0 Å². The average molecular weight is 397 g/mol. The molecule has 5 nitrogen and oxygen atoms in total. The summed E-state index contributed by atoms with van der Waals surface area (Å²) in [6, 6.07) is 1.18. The molecule has 3 aromatic rings. The Bertz CT molecular complexity index is 843. The molecule has 0 aliphatic carbocycles. The summed E-state index contributed by atoms with van der Waals surface area (Å²) in [5.74, 6) is -0.355. The average Bonchev–Trinajstić information content (AvgIpc) is 3.15. The molecule has 0 unspecified atom stereocenters. The molecule has 0 saturated heterocycles. The molecular weight excluding hydrogens is 392 g/mol. The van der Waals surface area contributed by atoms with Crippen molar-refractivity contribution in [2.24, 2.45) is 0 Å². The highest BCUT2D eigenvalue weighted by Crippen LogP contribution is 2.35. The lowest BCUT2D eigenvalue weighted by Crippen LogP contribution is -2.06. The van der Waals surface area contributed by atoms with Gasteiger partial charge in [-0.25, -0.2) is 19.9 Å². The molecule has 3 heterocycles. The highest BCUT2D eigenvalue weighted by atomic mass is 32.1. The lowest BCUT2D eigenvalue weighted by Gasteiger charge is -2.03. The van der Waals surface area contributed by atoms with Gasteiger partial charge in [0.05, 0.1) is 0 Å². The summed E-state index contributed by atoms with van der Waals surface area (Å²) in [7, 11) is 0. The molecule has 0 aliphatic heterocycles. The van der Waals surface area contributed by atoms with E-state index in [0.29, 0.717) is 22.7 Å². The molecule has 3 rings (SSSR count). The molecule has 25 heavy (non-hydrogen) atoms. The predicted molar refractivity (Wildman–Crippen MR) is 78.7 cm³/mol. The number of nitrogens with two attached hydrogens (primary N) is 1. The maximum Gasteiger partial charge on any atom is 0.434 e. The maximum absolute atomic E-state index is 12.6. The number of aromatic nitrogens is 4. The summed E-state index contributed by atoms with van der Waals surface area (Å²) in [5.41, 5.74) is 3.33. The van der Waals surface area contributed by atoms with Crippen LogP contribution in [0.15, 0.2) is 16.8 Å². The van der Waals surface area contributed by atoms with Gasteiger partial charge in [0.2, 0.25) is 0 Å². The molecule has 132 valence electrons. The van der Waals surface area contributed by atoms with E-state index in [1.165, 1.54) is 6.07 Å². The zero-order valence-corrected chi connectivity index (χ0v) is 13.3. The Labute approximate surface area is 143 Å². The van der Waals surface area contributed by atoms with Gasteiger partial charge >= 0.3 is 12.4 Å². The first-order valence-electron chi connectivity index (χ1n) is 6.25. The first-order valence-corrected chi connectivity index (χ1v) is 8.01. The fourth-order valence-electron chi connectivity index (χ4n) is 1.70. The predicted octanol–water partition coefficient (Wildman–Crippen LogP) is 4.34. The van der Waals surface area contributed by atoms with Crippen LogP contribution < -0.4 is 5.73 Å². The molecule has 0 fully saturated rings. The third kappa shape index (κ3) is 3.71. The fraction of sp³-hybridized carbons (Fsp3) is 0.167. The molecule has 3 aromatic heterocycles. The van der Waals surface area contributed by atoms with Crippen molar-refractivity contribution < 1.29 is 26.3 Å². The van der Waals surface area contributed by atoms with Crippen LogP contribution in [0.1, 0.15) is 11.4 Å². The van der Waals surface area contributed by atoms with Crippen molar-refractivity contribution in [2.45, 2.75) is 12.4 Å². The standard InChI is InChI=1S/C12H5F6N5S2/c13-11(14,15)5-2-24-9(21-5)4-1-7(19)23-8(20-4)10-22-6(3-25-10)12(16,17)18/h1-3H,(H2,19,20,23). The summed E-state index contributed by atoms with van der Waals surface area (Å²) >= 11 is 1.32. The molecule has 13 heteroatoms. The van der Waals surface area contributed by atoms with Crippen LogP contribution in [0.4, 0.5) is 32.2 Å². The summed E-state index contributed by atoms with van der Waals surface area (Å²) in [5, 5.41) is 1.34. The van der Waals surface area contributed by atoms with Gasteiger partial charge in [0.1, 0.15) is 16.5 Å². The summed E-state index contributed by atoms with van der Waals surface area (Å²) < 4.78 is 75.7. The normalized spacial score (nSPS) is 12.6. The Balaban J connectivity index is 2.01. The van der Waals surface area contributed by atoms with Crippen LogP contribution >= 0.6 is 22.7 Å². The van der Waals surface area contributed by atoms with E-state index in [0.717, 1.165) is 10.8 Å². The van der Waals surface area contributed by atoms with E-state index in [4.69, 9.17) is 5.73 Å². The number of anilines is 1. The van der Waals surface area contributed by atoms with Crippen molar-refractivity contribution in [1.82, 2.24) is 19.9 Å². The van der Waals surface area contributed by atoms with Crippen molar-refractivity contribution in [1.29, 1.82) is 0 Å². The Kier molecular flexibility index (Phi) is 4.15. The first kappa shape index (κ1) is 17.5. The second kappa shape index (κ2) is 5.91. The highest BCUT2D eigenvalue weighted by molar-refractivity contribution is 7.13. The van der Waals surface area contributed by atoms with Crippen LogP contribution in [-0.2, 0) is 12.4 Å². The molecule has 0 amide bonds. The zero-order valence-electron chi connectivity index (χ0n) is 11.7. The minimum absolute atomic E-state index is 0.0354. The van der Waals surface area contributed by atoms with E-state index in [9.17, 15) is 26.3 Å². The van der Waals surface area contributed by atoms with Crippen molar-refractivity contribution >= 4 is 28.5 Å². The highest BCUT2D eigenvalue weighted by Gasteiger charge is 2.35. The monoisotopic (exact) mass is 397 g/mol. The third-order valence-corrected chi connectivity index (χ3v) is 4.45. The van der Waals surface area contributed by atoms with E-state index in [1.54, 1.807) is 0 Å². The number of halogens is 6. The Morgan fingerprint density at radius 2 is 1.28 bits per heavy atom. The molecule has 0 atom stereocenters. The molecule has 2 N–H and O–H groups in total. The number of hydrogen-bond acceptors (Lipinski definition) is 7. The molecule has 0 bridgehead atoms. The van der Waals surface area contributed by atoms with Gasteiger partial charge in [0, 0.05) is 16.8 Å². The molecule has 0 aromatic carbocycles. The molecule has 0 radical (unpaired) electrons. The number of hydrogen-bond donors (Lipinski definition) is 1. The van der Waals surface area contributed by atoms with Gasteiger partial charge in [-0.2, -0.15) is 26.3 Å². The van der Waals surface area contributed by atoms with Crippen molar-refractivity contribution in [3.8, 4) is 21.5 Å². The van der Waals surface area contributed by atoms with Crippen LogP contribution in [0.5, 0.6) is 0 Å². The Morgan fingerprint density at radius 1 is 0.760 bits per heavy atom. The lowest BCUT2D eigenvalue weighted by molar-refractivity contribution is -0.141. The second-order valence-corrected chi connectivity index (χ2v) is 6.29. The second-order valence-electron chi connectivity index (χ2n) is 4.57. The summed E-state index contributed by atoms with van der Waals surface area (Å²) in [6.07, 6.45) is -9.25. The molecular formula is C12H5F6N5S2. The van der Waals surface area contributed by atoms with Gasteiger partial charge in [0.15, 0.2) is 22.2 Å². The quantitative estimate of drug-likeness (QED) is 0.651. The SMILES string of the molecule is Nc1cc(-c2nc(C(F)(F)F)cs2)nc(-c2nc(C(F)(F)F)cs2)n1. The van der Waals surface area contributed by atoms with E-state index in [1.807, 2.05) is 0 Å². The number of alkyl halides is 6. The van der Waals surface area contributed by atoms with Gasteiger partial charge in [-0.3, -0.25) is 0 Å². The van der Waals surface area contributed by atoms with Crippen LogP contribution in [0.25, 0.3) is 21.5 Å². The van der Waals surface area contributed by atoms with Crippen LogP contribution in [0.3, 0.4) is 0 Å². The van der Waals surface area contributed by atoms with Crippen LogP contribution in [-0.4, -0.2) is 19.9 Å². The van der Waals surface area contributed by atoms with Gasteiger partial charge in [-0.05, 0) is 0 Å². The minimum atomic E-state index is -4.63. The molecule has 0 aliphatic rings. The van der Waals surface area contributed by atoms with Crippen molar-refractivity contribution in [3.63, 3.8) is 0 Å². The van der Waals surface area contributed by atoms with Crippen LogP contribution in [0.2, 0.25) is 0 Å². The minimum Gasteiger partial charge on any atom is -0.384 e. The number of nitrogen functional groups attached to an aromatic ring is 1. The number of rotatable bonds is 2. The van der Waals surface area contributed by atoms with Gasteiger partial charge in [-0.1, -0.05) is 0 Å². The number of nitrogens with zero attached hydrogens (tertiary/aromatic N) is 4. The lowest BCUT2D eigenvalue weighted by atomic mass is 10.3. The molecule has 0 saturated carbocycles. The number of thiazole rings is 2. The van der Waals surface area contributed by atoms with Crippen molar-refractivity contribution in [3.05, 3.63) is 28.2 Å². The largest absolute Gasteiger partial charge is 0.434 e.